The summed E-state index contributed by atoms with van der Waals surface area (Å²) in [5, 5.41) is 24.2. The van der Waals surface area contributed by atoms with E-state index in [1.807, 2.05) is 34.7 Å². The van der Waals surface area contributed by atoms with Crippen LogP contribution in [0.1, 0.15) is 114 Å². The third-order valence-electron chi connectivity index (χ3n) is 10.8. The summed E-state index contributed by atoms with van der Waals surface area (Å²) in [5.74, 6) is -3.39. The van der Waals surface area contributed by atoms with Gasteiger partial charge >= 0.3 is 11.9 Å². The van der Waals surface area contributed by atoms with Crippen LogP contribution >= 0.6 is 11.3 Å². The number of ether oxygens (including phenoxy) is 2. The van der Waals surface area contributed by atoms with Crippen molar-refractivity contribution in [3.63, 3.8) is 0 Å². The number of amides is 2. The lowest BCUT2D eigenvalue weighted by Gasteiger charge is -2.39. The van der Waals surface area contributed by atoms with Crippen LogP contribution in [0.3, 0.4) is 0 Å². The van der Waals surface area contributed by atoms with Gasteiger partial charge in [-0.3, -0.25) is 28.9 Å². The Hall–Kier alpha value is -3.88. The first-order chi connectivity index (χ1) is 26.1. The molecule has 1 aromatic carbocycles. The number of likely N-dealkylation sites (N-methyl/N-ethyl adjacent to an activating group) is 1. The molecule has 2 aromatic rings. The van der Waals surface area contributed by atoms with Crippen molar-refractivity contribution in [3.05, 3.63) is 45.9 Å². The quantitative estimate of drug-likeness (QED) is 0.121. The van der Waals surface area contributed by atoms with Crippen molar-refractivity contribution in [2.45, 2.75) is 117 Å². The highest BCUT2D eigenvalue weighted by atomic mass is 32.1. The Balaban J connectivity index is 1.90. The lowest BCUT2D eigenvalue weighted by Crippen LogP contribution is -2.50. The average Bonchev–Trinajstić information content (AvgIpc) is 3.64. The Morgan fingerprint density at radius 3 is 2.35 bits per heavy atom. The number of thiazole rings is 1. The van der Waals surface area contributed by atoms with E-state index in [4.69, 9.17) is 9.47 Å². The van der Waals surface area contributed by atoms with Crippen LogP contribution in [0.5, 0.6) is 5.75 Å². The first-order valence-corrected chi connectivity index (χ1v) is 20.4. The van der Waals surface area contributed by atoms with Gasteiger partial charge in [-0.1, -0.05) is 59.6 Å². The van der Waals surface area contributed by atoms with E-state index in [1.54, 1.807) is 36.4 Å². The summed E-state index contributed by atoms with van der Waals surface area (Å²) in [4.78, 5) is 74.7. The topological polar surface area (TPSA) is 176 Å². The maximum Gasteiger partial charge on any atom is 0.306 e. The average molecular weight is 787 g/mol. The largest absolute Gasteiger partial charge is 0.508 e. The molecule has 306 valence electrons. The Kier molecular flexibility index (Phi) is 18.2. The normalized spacial score (nSPS) is 18.1. The summed E-state index contributed by atoms with van der Waals surface area (Å²) < 4.78 is 11.3. The molecule has 1 aliphatic heterocycles. The predicted molar refractivity (Wildman–Crippen MR) is 211 cm³/mol. The van der Waals surface area contributed by atoms with E-state index < -0.39 is 47.9 Å². The molecule has 0 radical (unpaired) electrons. The van der Waals surface area contributed by atoms with Crippen LogP contribution < -0.4 is 5.32 Å². The molecule has 14 heteroatoms. The molecule has 3 N–H and O–H groups in total. The number of aromatic nitrogens is 1. The highest BCUT2D eigenvalue weighted by molar-refractivity contribution is 7.09. The number of carbonyl (C=O) groups excluding carboxylic acids is 4. The van der Waals surface area contributed by atoms with E-state index >= 15 is 0 Å². The molecular weight excluding hydrogens is 725 g/mol. The Morgan fingerprint density at radius 1 is 1.07 bits per heavy atom. The number of carbonyl (C=O) groups is 5. The monoisotopic (exact) mass is 786 g/mol. The summed E-state index contributed by atoms with van der Waals surface area (Å²) in [6, 6.07) is 5.32. The number of benzene rings is 1. The van der Waals surface area contributed by atoms with Gasteiger partial charge in [-0.15, -0.1) is 11.3 Å². The molecule has 3 rings (SSSR count). The fraction of sp³-hybridized carbons (Fsp3) is 0.659. The number of likely N-dealkylation sites (tertiary alicyclic amines) is 1. The second-order valence-corrected chi connectivity index (χ2v) is 16.3. The van der Waals surface area contributed by atoms with Gasteiger partial charge in [-0.25, -0.2) is 4.98 Å². The minimum absolute atomic E-state index is 0.0520. The minimum atomic E-state index is -0.984. The van der Waals surface area contributed by atoms with E-state index in [-0.39, 0.29) is 73.4 Å². The lowest BCUT2D eigenvalue weighted by molar-refractivity contribution is -0.150. The number of phenols is 1. The summed E-state index contributed by atoms with van der Waals surface area (Å²) in [5.41, 5.74) is 0.899. The molecule has 7 atom stereocenters. The van der Waals surface area contributed by atoms with Crippen molar-refractivity contribution in [2.24, 2.45) is 23.7 Å². The van der Waals surface area contributed by atoms with Crippen LogP contribution in [-0.4, -0.2) is 107 Å². The number of hydrogen-bond donors (Lipinski definition) is 3. The zero-order valence-electron chi connectivity index (χ0n) is 33.8. The lowest BCUT2D eigenvalue weighted by atomic mass is 9.82. The molecule has 0 aliphatic carbocycles. The zero-order chi connectivity index (χ0) is 40.8. The van der Waals surface area contributed by atoms with Crippen LogP contribution in [0.15, 0.2) is 29.6 Å². The molecule has 1 saturated heterocycles. The third-order valence-corrected chi connectivity index (χ3v) is 11.7. The van der Waals surface area contributed by atoms with Gasteiger partial charge in [0.25, 0.3) is 5.91 Å². The summed E-state index contributed by atoms with van der Waals surface area (Å²) in [7, 11) is 3.55. The number of piperidine rings is 1. The van der Waals surface area contributed by atoms with Crippen molar-refractivity contribution in [3.8, 4) is 5.75 Å². The van der Waals surface area contributed by atoms with Crippen LogP contribution in [-0.2, 0) is 35.1 Å². The first-order valence-electron chi connectivity index (χ1n) is 19.5. The number of Topliss-reactive ketones (excluding diaryl/α,β-unsaturated/α-hetero) is 1. The molecule has 55 heavy (non-hydrogen) atoms. The second-order valence-electron chi connectivity index (χ2n) is 15.4. The van der Waals surface area contributed by atoms with Crippen LogP contribution in [0.25, 0.3) is 0 Å². The summed E-state index contributed by atoms with van der Waals surface area (Å²) in [6.07, 6.45) is 3.51. The number of aliphatic carboxylic acids is 1. The summed E-state index contributed by atoms with van der Waals surface area (Å²) >= 11 is 1.16. The number of nitrogens with one attached hydrogen (secondary N) is 1. The molecule has 13 nitrogen and oxygen atoms in total. The third kappa shape index (κ3) is 13.7. The Labute approximate surface area is 330 Å². The summed E-state index contributed by atoms with van der Waals surface area (Å²) in [6.45, 7) is 12.3. The number of methoxy groups -OCH3 is 1. The number of phenolic OH excluding ortho intramolecular Hbond substituents is 1. The van der Waals surface area contributed by atoms with Gasteiger partial charge in [0.15, 0.2) is 11.9 Å². The van der Waals surface area contributed by atoms with Crippen molar-refractivity contribution in [2.75, 3.05) is 33.9 Å². The van der Waals surface area contributed by atoms with Gasteiger partial charge in [-0.05, 0) is 68.8 Å². The molecule has 7 unspecified atom stereocenters. The van der Waals surface area contributed by atoms with E-state index in [9.17, 15) is 34.2 Å². The molecule has 0 spiro atoms. The van der Waals surface area contributed by atoms with Gasteiger partial charge in [0.1, 0.15) is 16.5 Å². The number of hydrogen-bond acceptors (Lipinski definition) is 11. The standard InChI is InChI=1S/C41H62N4O9S/c1-9-26(4)32(22-36(48)34-12-10-11-17-44(34)7)40(50)45(18-19-53-8)35(25(2)3)23-37(54-28(6)46)39-43-33(24-55-39)38(49)42-30(20-27(5)41(51)52)21-29-13-15-31(47)16-14-29/h13-16,24-27,30,32,34-35,37,47H,9-12,17-23H2,1-8H3,(H,42,49)(H,51,52). The molecule has 0 saturated carbocycles. The van der Waals surface area contributed by atoms with Crippen molar-refractivity contribution >= 4 is 40.9 Å². The minimum Gasteiger partial charge on any atom is -0.508 e. The number of esters is 1. The SMILES string of the molecule is CCC(C)C(CC(=O)C1CCCCN1C)C(=O)N(CCOC)C(CC(OC(C)=O)c1nc(C(=O)NC(Cc2ccc(O)cc2)CC(C)C(=O)O)cs1)C(C)C. The maximum absolute atomic E-state index is 14.7. The van der Waals surface area contributed by atoms with Gasteiger partial charge in [0.05, 0.1) is 18.6 Å². The van der Waals surface area contributed by atoms with Crippen molar-refractivity contribution < 1.29 is 43.7 Å². The van der Waals surface area contributed by atoms with Crippen LogP contribution in [0.4, 0.5) is 0 Å². The molecule has 0 bridgehead atoms. The predicted octanol–water partition coefficient (Wildman–Crippen LogP) is 5.90. The Morgan fingerprint density at radius 2 is 1.76 bits per heavy atom. The number of rotatable bonds is 22. The van der Waals surface area contributed by atoms with Crippen LogP contribution in [0.2, 0.25) is 0 Å². The molecule has 1 aliphatic rings. The fourth-order valence-electron chi connectivity index (χ4n) is 7.31. The van der Waals surface area contributed by atoms with Gasteiger partial charge < -0.3 is 29.9 Å². The molecule has 2 heterocycles. The molecule has 1 fully saturated rings. The van der Waals surface area contributed by atoms with Crippen molar-refractivity contribution in [1.82, 2.24) is 20.1 Å². The number of aromatic hydroxyl groups is 1. The van der Waals surface area contributed by atoms with E-state index in [2.05, 4.69) is 15.2 Å². The Bertz CT molecular complexity index is 1560. The highest BCUT2D eigenvalue weighted by Crippen LogP contribution is 2.33. The van der Waals surface area contributed by atoms with E-state index in [0.29, 0.717) is 11.4 Å². The second kappa shape index (κ2) is 22.0. The smallest absolute Gasteiger partial charge is 0.306 e. The van der Waals surface area contributed by atoms with E-state index in [0.717, 1.165) is 49.1 Å². The van der Waals surface area contributed by atoms with Crippen molar-refractivity contribution in [1.29, 1.82) is 0 Å². The molecular formula is C41H62N4O9S. The maximum atomic E-state index is 14.7. The molecule has 2 amide bonds. The van der Waals surface area contributed by atoms with Gasteiger partial charge in [-0.2, -0.15) is 0 Å². The highest BCUT2D eigenvalue weighted by Gasteiger charge is 2.39. The number of carboxylic acids is 1. The van der Waals surface area contributed by atoms with Gasteiger partial charge in [0, 0.05) is 56.8 Å². The fourth-order valence-corrected chi connectivity index (χ4v) is 8.15. The van der Waals surface area contributed by atoms with Crippen LogP contribution in [0, 0.1) is 23.7 Å². The number of ketones is 1. The van der Waals surface area contributed by atoms with E-state index in [1.165, 1.54) is 19.1 Å². The first kappa shape index (κ1) is 45.5. The number of carboxylic acid groups (broad SMARTS) is 1. The zero-order valence-corrected chi connectivity index (χ0v) is 34.6. The number of nitrogens with zero attached hydrogens (tertiary/aromatic N) is 3. The molecule has 1 aromatic heterocycles. The van der Waals surface area contributed by atoms with Gasteiger partial charge in [0.2, 0.25) is 5.91 Å².